The molecule has 0 unspecified atom stereocenters. The maximum absolute atomic E-state index is 15.1. The molecule has 1 spiro atoms. The molecule has 4 aliphatic rings. The summed E-state index contributed by atoms with van der Waals surface area (Å²) in [5.41, 5.74) is 3.68. The average Bonchev–Trinajstić information content (AvgIpc) is 3.29. The van der Waals surface area contributed by atoms with Gasteiger partial charge in [-0.15, -0.1) is 5.10 Å². The topological polar surface area (TPSA) is 72.3 Å². The fraction of sp³-hybridized carbons (Fsp3) is 0.609. The number of fused-ring (bicyclic) bond motifs is 2. The lowest BCUT2D eigenvalue weighted by atomic mass is 9.92. The van der Waals surface area contributed by atoms with Crippen molar-refractivity contribution in [2.75, 3.05) is 19.6 Å². The number of nitrogens with one attached hydrogen (secondary N) is 1. The molecule has 2 fully saturated rings. The van der Waals surface area contributed by atoms with Crippen LogP contribution in [-0.4, -0.2) is 45.4 Å². The number of ether oxygens (including phenoxy) is 1. The van der Waals surface area contributed by atoms with Gasteiger partial charge in [0.05, 0.1) is 11.7 Å². The van der Waals surface area contributed by atoms with Crippen LogP contribution < -0.4 is 10.1 Å². The molecule has 4 heterocycles. The number of aromatic nitrogens is 3. The van der Waals surface area contributed by atoms with Gasteiger partial charge in [0.15, 0.2) is 11.6 Å². The highest BCUT2D eigenvalue weighted by atomic mass is 35.5. The van der Waals surface area contributed by atoms with Crippen LogP contribution in [0.15, 0.2) is 6.07 Å². The largest absolute Gasteiger partial charge is 0.484 e. The van der Waals surface area contributed by atoms with Crippen molar-refractivity contribution in [3.05, 3.63) is 39.4 Å². The third-order valence-electron chi connectivity index (χ3n) is 7.51. The van der Waals surface area contributed by atoms with Gasteiger partial charge in [-0.05, 0) is 62.1 Å². The summed E-state index contributed by atoms with van der Waals surface area (Å²) in [6, 6.07) is 1.13. The smallest absolute Gasteiger partial charge is 0.223 e. The number of benzene rings is 1. The summed E-state index contributed by atoms with van der Waals surface area (Å²) in [4.78, 5) is 14.5. The van der Waals surface area contributed by atoms with Crippen molar-refractivity contribution in [1.29, 1.82) is 0 Å². The van der Waals surface area contributed by atoms with E-state index in [2.05, 4.69) is 15.6 Å². The van der Waals surface area contributed by atoms with Crippen LogP contribution in [0.5, 0.6) is 5.75 Å². The Morgan fingerprint density at radius 1 is 1.31 bits per heavy atom. The predicted molar refractivity (Wildman–Crippen MR) is 116 cm³/mol. The highest BCUT2D eigenvalue weighted by molar-refractivity contribution is 6.31. The number of halogens is 2. The number of aryl methyl sites for hydroxylation is 1. The Balaban J connectivity index is 1.29. The van der Waals surface area contributed by atoms with Gasteiger partial charge < -0.3 is 15.0 Å². The highest BCUT2D eigenvalue weighted by Gasteiger charge is 2.52. The maximum atomic E-state index is 15.1. The van der Waals surface area contributed by atoms with Crippen LogP contribution in [0.25, 0.3) is 0 Å². The molecule has 1 saturated carbocycles. The third kappa shape index (κ3) is 3.48. The molecule has 0 bridgehead atoms. The second-order valence-corrected chi connectivity index (χ2v) is 10.1. The number of amides is 1. The van der Waals surface area contributed by atoms with Gasteiger partial charge in [-0.3, -0.25) is 4.79 Å². The quantitative estimate of drug-likeness (QED) is 0.743. The maximum Gasteiger partial charge on any atom is 0.223 e. The molecule has 1 atom stereocenters. The number of carbonyl (C=O) groups is 1. The molecule has 1 aliphatic carbocycles. The van der Waals surface area contributed by atoms with E-state index in [0.29, 0.717) is 24.4 Å². The van der Waals surface area contributed by atoms with E-state index in [9.17, 15) is 4.79 Å². The Kier molecular flexibility index (Phi) is 4.91. The van der Waals surface area contributed by atoms with Crippen molar-refractivity contribution in [1.82, 2.24) is 25.2 Å². The van der Waals surface area contributed by atoms with Crippen molar-refractivity contribution in [2.24, 2.45) is 5.41 Å². The molecule has 1 aromatic heterocycles. The number of carbonyl (C=O) groups excluding carboxylic acids is 1. The summed E-state index contributed by atoms with van der Waals surface area (Å²) in [6.07, 6.45) is 6.70. The SMILES string of the molecule is O=C1CC2(CC2)CN1C[C@H]1NCCc2c(Cl)cc(F)c(OCc3nnn4c3CCCC4)c21. The average molecular weight is 460 g/mol. The van der Waals surface area contributed by atoms with Crippen molar-refractivity contribution in [2.45, 2.75) is 64.1 Å². The van der Waals surface area contributed by atoms with Crippen LogP contribution in [-0.2, 0) is 30.8 Å². The molecule has 9 heteroatoms. The van der Waals surface area contributed by atoms with Gasteiger partial charge in [0.2, 0.25) is 5.91 Å². The van der Waals surface area contributed by atoms with Gasteiger partial charge in [-0.1, -0.05) is 16.8 Å². The zero-order chi connectivity index (χ0) is 21.9. The molecule has 2 aromatic rings. The molecule has 7 nitrogen and oxygen atoms in total. The summed E-state index contributed by atoms with van der Waals surface area (Å²) >= 11 is 6.45. The van der Waals surface area contributed by atoms with Crippen LogP contribution in [0.1, 0.15) is 60.7 Å². The Hall–Kier alpha value is -2.19. The van der Waals surface area contributed by atoms with E-state index in [1.54, 1.807) is 0 Å². The van der Waals surface area contributed by atoms with Crippen LogP contribution in [0.4, 0.5) is 4.39 Å². The molecule has 6 rings (SSSR count). The van der Waals surface area contributed by atoms with Gasteiger partial charge in [0, 0.05) is 36.6 Å². The fourth-order valence-corrected chi connectivity index (χ4v) is 5.86. The number of nitrogens with zero attached hydrogens (tertiary/aromatic N) is 4. The molecule has 170 valence electrons. The standard InChI is InChI=1S/C23H27ClFN5O2/c24-15-9-16(25)22(32-12-18-19-3-1-2-8-30(19)28-27-18)21-14(15)4-7-26-17(21)11-29-13-23(5-6-23)10-20(29)31/h9,17,26H,1-8,10-13H2/t17-/m1/s1. The number of hydrogen-bond acceptors (Lipinski definition) is 5. The molecular weight excluding hydrogens is 433 g/mol. The first-order valence-corrected chi connectivity index (χ1v) is 12.0. The first-order valence-electron chi connectivity index (χ1n) is 11.6. The summed E-state index contributed by atoms with van der Waals surface area (Å²) in [7, 11) is 0. The van der Waals surface area contributed by atoms with Gasteiger partial charge in [0.25, 0.3) is 0 Å². The lowest BCUT2D eigenvalue weighted by Crippen LogP contribution is -2.40. The van der Waals surface area contributed by atoms with E-state index in [4.69, 9.17) is 16.3 Å². The van der Waals surface area contributed by atoms with Crippen molar-refractivity contribution in [3.63, 3.8) is 0 Å². The third-order valence-corrected chi connectivity index (χ3v) is 7.85. The first-order chi connectivity index (χ1) is 15.5. The van der Waals surface area contributed by atoms with E-state index < -0.39 is 5.82 Å². The Bertz CT molecular complexity index is 1080. The Morgan fingerprint density at radius 3 is 3.00 bits per heavy atom. The lowest BCUT2D eigenvalue weighted by Gasteiger charge is -2.32. The van der Waals surface area contributed by atoms with Gasteiger partial charge in [-0.25, -0.2) is 9.07 Å². The van der Waals surface area contributed by atoms with E-state index >= 15 is 4.39 Å². The molecule has 1 aromatic carbocycles. The minimum absolute atomic E-state index is 0.165. The monoisotopic (exact) mass is 459 g/mol. The molecule has 1 amide bonds. The first kappa shape index (κ1) is 20.4. The minimum Gasteiger partial charge on any atom is -0.484 e. The minimum atomic E-state index is -0.477. The number of rotatable bonds is 5. The van der Waals surface area contributed by atoms with Crippen LogP contribution >= 0.6 is 11.6 Å². The van der Waals surface area contributed by atoms with E-state index in [0.717, 1.165) is 74.3 Å². The van der Waals surface area contributed by atoms with Crippen LogP contribution in [0, 0.1) is 11.2 Å². The summed E-state index contributed by atoms with van der Waals surface area (Å²) < 4.78 is 23.1. The summed E-state index contributed by atoms with van der Waals surface area (Å²) in [6.45, 7) is 3.06. The molecule has 0 radical (unpaired) electrons. The Labute approximate surface area is 191 Å². The second-order valence-electron chi connectivity index (χ2n) is 9.72. The molecule has 32 heavy (non-hydrogen) atoms. The molecular formula is C23H27ClFN5O2. The number of hydrogen-bond donors (Lipinski definition) is 1. The number of likely N-dealkylation sites (tertiary alicyclic amines) is 1. The molecule has 1 N–H and O–H groups in total. The van der Waals surface area contributed by atoms with Gasteiger partial charge >= 0.3 is 0 Å². The second kappa shape index (κ2) is 7.70. The van der Waals surface area contributed by atoms with Crippen molar-refractivity contribution < 1.29 is 13.9 Å². The highest BCUT2D eigenvalue weighted by Crippen LogP contribution is 2.53. The van der Waals surface area contributed by atoms with Crippen molar-refractivity contribution >= 4 is 17.5 Å². The van der Waals surface area contributed by atoms with E-state index in [1.165, 1.54) is 6.07 Å². The normalized spacial score (nSPS) is 23.4. The zero-order valence-corrected chi connectivity index (χ0v) is 18.8. The fourth-order valence-electron chi connectivity index (χ4n) is 5.57. The lowest BCUT2D eigenvalue weighted by molar-refractivity contribution is -0.128. The zero-order valence-electron chi connectivity index (χ0n) is 18.0. The summed E-state index contributed by atoms with van der Waals surface area (Å²) in [5.74, 6) is -0.0704. The van der Waals surface area contributed by atoms with E-state index in [-0.39, 0.29) is 29.7 Å². The molecule has 3 aliphatic heterocycles. The van der Waals surface area contributed by atoms with Crippen molar-refractivity contribution in [3.8, 4) is 5.75 Å². The molecule has 1 saturated heterocycles. The summed E-state index contributed by atoms with van der Waals surface area (Å²) in [5, 5.41) is 12.4. The van der Waals surface area contributed by atoms with Gasteiger partial charge in [0.1, 0.15) is 12.3 Å². The van der Waals surface area contributed by atoms with Crippen LogP contribution in [0.2, 0.25) is 5.02 Å². The van der Waals surface area contributed by atoms with Gasteiger partial charge in [-0.2, -0.15) is 0 Å². The predicted octanol–water partition coefficient (Wildman–Crippen LogP) is 3.19. The Morgan fingerprint density at radius 2 is 2.19 bits per heavy atom. The van der Waals surface area contributed by atoms with E-state index in [1.807, 2.05) is 9.58 Å². The van der Waals surface area contributed by atoms with Crippen LogP contribution in [0.3, 0.4) is 0 Å².